The van der Waals surface area contributed by atoms with Crippen LogP contribution in [-0.4, -0.2) is 113 Å². The fourth-order valence-corrected chi connectivity index (χ4v) is 28.8. The van der Waals surface area contributed by atoms with Crippen LogP contribution >= 0.6 is 11.3 Å². The van der Waals surface area contributed by atoms with Crippen molar-refractivity contribution in [3.05, 3.63) is 344 Å². The van der Waals surface area contributed by atoms with Gasteiger partial charge in [0.2, 0.25) is 0 Å². The van der Waals surface area contributed by atoms with Gasteiger partial charge in [-0.2, -0.15) is 11.3 Å². The first-order chi connectivity index (χ1) is 67.5. The number of nitrogens with zero attached hydrogens (tertiary/aromatic N) is 6. The average molecular weight is 2770 g/mol. The molecular formula is C123H138Ir4N6O8SSi5-4. The zero-order chi connectivity index (χ0) is 104. The summed E-state index contributed by atoms with van der Waals surface area (Å²) in [5.41, 5.74) is 24.0. The molecule has 1 aliphatic heterocycles. The number of carbonyl (C=O) groups excluding carboxylic acids is 4. The summed E-state index contributed by atoms with van der Waals surface area (Å²) < 4.78 is 7.32. The SMILES string of the molecule is CC(=O)C=C(C)O.CC(=O)C=C(C)O.CC(=O)C=C(C)O.CC(=O)C=C(C)O.CC(C)Cc1cc(-c2[c-]cc3c(c2)c2ccccc2n3-c2ccccc2)ncc1[Si](C)(C)C.CCc1cc(-c2[c-]cc3sc4ccccc4c3c2)ncc1[Si](C)(C)C.CCn1c2c[c-]c(-c3cc(-c4ccccc4)c([Si](C)(C)C)cn3)cc2c2ccccc21.Cc1cc(-c2[c-]cc3c(c2)-c2ccccc2[Si]3(C)C)ncc1[Si](C)(C)C.[Ir].[Ir].[Ir].[Ir]. The summed E-state index contributed by atoms with van der Waals surface area (Å²) in [5, 5.41) is 50.0. The minimum atomic E-state index is -1.60. The maximum Gasteiger partial charge on any atom is 0.155 e. The molecule has 14 nitrogen and oxygen atoms in total. The number of hydrogen-bond acceptors (Lipinski definition) is 13. The molecule has 1 aliphatic rings. The number of hydrogen-bond donors (Lipinski definition) is 4. The van der Waals surface area contributed by atoms with Gasteiger partial charge in [-0.15, -0.1) is 100 Å². The Balaban J connectivity index is 0.000000242. The van der Waals surface area contributed by atoms with E-state index < -0.39 is 40.4 Å². The Bertz CT molecular complexity index is 7520. The third-order valence-corrected chi connectivity index (χ3v) is 37.5. The molecule has 4 radical (unpaired) electrons. The summed E-state index contributed by atoms with van der Waals surface area (Å²) in [7, 11) is -7.31. The molecule has 0 amide bonds. The van der Waals surface area contributed by atoms with E-state index in [2.05, 4.69) is 415 Å². The third kappa shape index (κ3) is 32.1. The predicted octanol–water partition coefficient (Wildman–Crippen LogP) is 28.6. The van der Waals surface area contributed by atoms with Gasteiger partial charge in [0.1, 0.15) is 0 Å². The summed E-state index contributed by atoms with van der Waals surface area (Å²) in [6, 6.07) is 97.0. The van der Waals surface area contributed by atoms with Gasteiger partial charge in [0.05, 0.1) is 63.4 Å². The molecule has 7 aromatic heterocycles. The number of ketones is 4. The van der Waals surface area contributed by atoms with Crippen molar-refractivity contribution in [3.63, 3.8) is 0 Å². The fourth-order valence-electron chi connectivity index (χ4n) is 18.3. The van der Waals surface area contributed by atoms with Crippen molar-refractivity contribution in [1.29, 1.82) is 0 Å². The number of aromatic nitrogens is 6. The Labute approximate surface area is 933 Å². The molecule has 17 aromatic rings. The molecule has 10 aromatic carbocycles. The van der Waals surface area contributed by atoms with Crippen molar-refractivity contribution in [2.75, 3.05) is 0 Å². The summed E-state index contributed by atoms with van der Waals surface area (Å²) in [6.07, 6.45) is 15.3. The van der Waals surface area contributed by atoms with Gasteiger partial charge in [-0.3, -0.25) is 19.2 Å². The molecule has 0 saturated carbocycles. The molecule has 8 heterocycles. The van der Waals surface area contributed by atoms with Gasteiger partial charge in [-0.05, 0) is 210 Å². The second kappa shape index (κ2) is 54.0. The fraction of sp³-hybridized carbons (Fsp3) is 0.252. The quantitative estimate of drug-likeness (QED) is 0.0274. The summed E-state index contributed by atoms with van der Waals surface area (Å²) in [6.45, 7) is 57.1. The zero-order valence-electron chi connectivity index (χ0n) is 89.6. The first-order valence-electron chi connectivity index (χ1n) is 48.9. The van der Waals surface area contributed by atoms with Gasteiger partial charge in [0.25, 0.3) is 0 Å². The molecule has 18 rings (SSSR count). The average Bonchev–Trinajstić information content (AvgIpc) is 1.58. The number of aliphatic hydroxyl groups excluding tert-OH is 4. The Hall–Kier alpha value is -10.9. The van der Waals surface area contributed by atoms with E-state index in [1.807, 2.05) is 11.3 Å². The van der Waals surface area contributed by atoms with Gasteiger partial charge in [-0.25, -0.2) is 0 Å². The van der Waals surface area contributed by atoms with Crippen molar-refractivity contribution in [2.45, 2.75) is 201 Å². The molecule has 0 atom stereocenters. The van der Waals surface area contributed by atoms with E-state index in [4.69, 9.17) is 40.4 Å². The Morgan fingerprint density at radius 3 is 1.24 bits per heavy atom. The predicted molar refractivity (Wildman–Crippen MR) is 620 cm³/mol. The minimum Gasteiger partial charge on any atom is -0.512 e. The molecule has 0 fully saturated rings. The summed E-state index contributed by atoms with van der Waals surface area (Å²) in [4.78, 5) is 59.5. The van der Waals surface area contributed by atoms with Crippen LogP contribution in [-0.2, 0) is 119 Å². The second-order valence-electron chi connectivity index (χ2n) is 41.7. The maximum atomic E-state index is 10.0. The number of para-hydroxylation sites is 3. The topological polar surface area (TPSA) is 211 Å². The van der Waals surface area contributed by atoms with E-state index in [1.54, 1.807) is 5.19 Å². The van der Waals surface area contributed by atoms with E-state index in [0.717, 1.165) is 64.4 Å². The van der Waals surface area contributed by atoms with Crippen LogP contribution in [0.3, 0.4) is 0 Å². The van der Waals surface area contributed by atoms with Crippen molar-refractivity contribution in [3.8, 4) is 73.0 Å². The number of rotatable bonds is 18. The van der Waals surface area contributed by atoms with E-state index in [-0.39, 0.29) is 127 Å². The molecule has 0 unspecified atom stereocenters. The van der Waals surface area contributed by atoms with Crippen molar-refractivity contribution >= 4 is 170 Å². The summed E-state index contributed by atoms with van der Waals surface area (Å²) in [5.74, 6) is 0.366. The maximum absolute atomic E-state index is 10.0. The monoisotopic (exact) mass is 2770 g/mol. The van der Waals surface area contributed by atoms with Crippen LogP contribution in [0.4, 0.5) is 0 Å². The molecule has 0 bridgehead atoms. The van der Waals surface area contributed by atoms with E-state index in [1.165, 1.54) is 214 Å². The number of pyridine rings is 4. The van der Waals surface area contributed by atoms with E-state index in [0.29, 0.717) is 5.92 Å². The van der Waals surface area contributed by atoms with Crippen LogP contribution in [0, 0.1) is 37.1 Å². The standard InChI is InChI=1S/C30H31N2Si.C28H27N2Si.C23H26NSi2.C22H22NSSi.4C5H8O2.4Ir/c1-21(2)17-23-19-27(31-20-30(23)33(3,4)5)22-15-16-29-26(18-22)25-13-9-10-14-28(25)32(29)24-11-7-6-8-12-24;1-5-30-26-14-10-9-13-22(26)24-17-21(15-16-27(24)30)25-18-23(20-11-7-6-8-12-20)28(19-29-25)31(2,3)4;1-16-13-20(24-15-23(16)25(2,3)4)17-11-12-22-19(14-17)18-9-7-8-10-21(18)26(22,5)6;1-5-15-13-19(23-14-22(15)25(2,3)4)16-10-11-21-18(12-16)17-8-6-7-9-20(17)24-21;4*1-4(6)3-5(2)7;;;;/h6-14,16,18-21H,17H2,1-5H3;6-14,16-19H,5H2,1-4H3;7-10,12-15H,1-6H3;6-9,11-14H,5H2,1-4H3;4*3,6H,1-2H3;;;;/q4*-1;;;;;;;;. The molecule has 774 valence electrons. The first kappa shape index (κ1) is 123. The largest absolute Gasteiger partial charge is 0.512 e. The Kier molecular flexibility index (Phi) is 45.2. The van der Waals surface area contributed by atoms with Gasteiger partial charge >= 0.3 is 0 Å². The van der Waals surface area contributed by atoms with Gasteiger partial charge < -0.3 is 49.5 Å². The van der Waals surface area contributed by atoms with Crippen LogP contribution in [0.5, 0.6) is 0 Å². The van der Waals surface area contributed by atoms with Crippen LogP contribution in [0.25, 0.3) is 137 Å². The van der Waals surface area contributed by atoms with E-state index in [9.17, 15) is 19.2 Å². The number of aryl methyl sites for hydroxylation is 3. The molecule has 0 spiro atoms. The van der Waals surface area contributed by atoms with Crippen LogP contribution in [0.2, 0.25) is 91.7 Å². The number of fused-ring (bicyclic) bond motifs is 12. The van der Waals surface area contributed by atoms with Crippen molar-refractivity contribution in [1.82, 2.24) is 29.1 Å². The minimum absolute atomic E-state index is 0. The number of benzene rings is 10. The van der Waals surface area contributed by atoms with Crippen LogP contribution < -0.4 is 31.1 Å². The van der Waals surface area contributed by atoms with Gasteiger partial charge in [0, 0.05) is 157 Å². The number of aliphatic hydroxyl groups is 4. The van der Waals surface area contributed by atoms with Crippen LogP contribution in [0.15, 0.2) is 303 Å². The van der Waals surface area contributed by atoms with Crippen LogP contribution in [0.1, 0.15) is 99.8 Å². The normalized spacial score (nSPS) is 12.1. The van der Waals surface area contributed by atoms with Crippen molar-refractivity contribution < 1.29 is 120 Å². The Morgan fingerprint density at radius 2 is 0.762 bits per heavy atom. The number of carbonyl (C=O) groups is 4. The van der Waals surface area contributed by atoms with E-state index >= 15 is 0 Å². The molecule has 0 aliphatic carbocycles. The smallest absolute Gasteiger partial charge is 0.155 e. The number of allylic oxidation sites excluding steroid dienone is 8. The Morgan fingerprint density at radius 1 is 0.374 bits per heavy atom. The van der Waals surface area contributed by atoms with Gasteiger partial charge in [-0.1, -0.05) is 308 Å². The summed E-state index contributed by atoms with van der Waals surface area (Å²) >= 11 is 1.83. The first-order valence-corrected chi connectivity index (χ1v) is 66.8. The molecular weight excluding hydrogens is 2630 g/mol. The molecule has 147 heavy (non-hydrogen) atoms. The number of thiophene rings is 1. The molecule has 24 heteroatoms. The molecule has 0 saturated heterocycles. The second-order valence-corrected chi connectivity index (χ2v) is 67.2. The molecule has 4 N–H and O–H groups in total. The third-order valence-electron chi connectivity index (χ3n) is 24.5. The van der Waals surface area contributed by atoms with Crippen molar-refractivity contribution in [2.24, 2.45) is 5.92 Å². The zero-order valence-corrected chi connectivity index (χ0v) is 105. The van der Waals surface area contributed by atoms with Gasteiger partial charge in [0.15, 0.2) is 23.1 Å².